The van der Waals surface area contributed by atoms with Crippen molar-refractivity contribution >= 4 is 23.0 Å². The number of fused-ring (bicyclic) bond motifs is 5. The first-order valence-corrected chi connectivity index (χ1v) is 13.4. The number of aryl methyl sites for hydroxylation is 3. The molecule has 2 aromatic heterocycles. The minimum atomic E-state index is -0.873. The Morgan fingerprint density at radius 2 is 1.95 bits per heavy atom. The molecule has 4 aromatic rings. The number of amides is 1. The second kappa shape index (κ2) is 10.0. The van der Waals surface area contributed by atoms with Crippen LogP contribution in [0.2, 0.25) is 0 Å². The number of nitrogens with zero attached hydrogens (tertiary/aromatic N) is 5. The summed E-state index contributed by atoms with van der Waals surface area (Å²) >= 11 is 0. The lowest BCUT2D eigenvalue weighted by atomic mass is 9.84. The number of rotatable bonds is 2. The summed E-state index contributed by atoms with van der Waals surface area (Å²) in [5.41, 5.74) is 8.31. The van der Waals surface area contributed by atoms with E-state index in [4.69, 9.17) is 4.98 Å². The van der Waals surface area contributed by atoms with Gasteiger partial charge in [-0.25, -0.2) is 9.67 Å². The van der Waals surface area contributed by atoms with Crippen molar-refractivity contribution in [2.24, 2.45) is 0 Å². The van der Waals surface area contributed by atoms with Crippen LogP contribution in [0.15, 0.2) is 48.7 Å². The standard InChI is InChI=1S/C30H31N5O3/c1-19-26-17-31-29-28(19)32-33-35(29)12-4-2-3-6-20-7-5-8-23(14-20)30(38)34-13-11-21-9-10-22(15-24(21)18-34)25(26)16-27(36)37/h5,7-10,14-15,17,25H,2-4,6,11-13,16,18H2,1H3,(H,36,37). The zero-order valence-electron chi connectivity index (χ0n) is 21.6. The van der Waals surface area contributed by atoms with Gasteiger partial charge in [-0.3, -0.25) is 9.59 Å². The molecule has 0 spiro atoms. The van der Waals surface area contributed by atoms with Crippen LogP contribution in [0.3, 0.4) is 0 Å². The third-order valence-corrected chi connectivity index (χ3v) is 8.02. The molecule has 0 saturated heterocycles. The first kappa shape index (κ1) is 24.3. The first-order chi connectivity index (χ1) is 18.5. The number of carbonyl (C=O) groups is 2. The number of aliphatic carboxylic acids is 1. The Morgan fingerprint density at radius 1 is 1.05 bits per heavy atom. The highest BCUT2D eigenvalue weighted by Gasteiger charge is 2.27. The van der Waals surface area contributed by atoms with Crippen LogP contribution in [0.4, 0.5) is 0 Å². The van der Waals surface area contributed by atoms with E-state index in [-0.39, 0.29) is 18.2 Å². The maximum Gasteiger partial charge on any atom is 0.304 e. The fourth-order valence-corrected chi connectivity index (χ4v) is 5.90. The van der Waals surface area contributed by atoms with Crippen molar-refractivity contribution in [3.63, 3.8) is 0 Å². The predicted molar refractivity (Wildman–Crippen MR) is 143 cm³/mol. The molecule has 3 aliphatic heterocycles. The Bertz CT molecular complexity index is 1540. The van der Waals surface area contributed by atoms with Gasteiger partial charge in [0.25, 0.3) is 5.91 Å². The molecule has 194 valence electrons. The molecule has 1 atom stereocenters. The van der Waals surface area contributed by atoms with Gasteiger partial charge in [0.15, 0.2) is 5.65 Å². The summed E-state index contributed by atoms with van der Waals surface area (Å²) in [4.78, 5) is 32.1. The molecule has 1 unspecified atom stereocenters. The number of carboxylic acid groups (broad SMARTS) is 1. The van der Waals surface area contributed by atoms with E-state index in [0.717, 1.165) is 77.6 Å². The number of hydrogen-bond donors (Lipinski definition) is 1. The van der Waals surface area contributed by atoms with Crippen molar-refractivity contribution in [2.75, 3.05) is 6.54 Å². The fraction of sp³-hybridized carbons (Fsp3) is 0.367. The van der Waals surface area contributed by atoms with Crippen LogP contribution in [0, 0.1) is 6.92 Å². The Labute approximate surface area is 221 Å². The number of carbonyl (C=O) groups excluding carboxylic acids is 1. The molecule has 2 aromatic carbocycles. The van der Waals surface area contributed by atoms with Gasteiger partial charge >= 0.3 is 5.97 Å². The molecule has 0 aliphatic carbocycles. The average Bonchev–Trinajstić information content (AvgIpc) is 3.34. The highest BCUT2D eigenvalue weighted by atomic mass is 16.4. The number of aromatic nitrogens is 4. The summed E-state index contributed by atoms with van der Waals surface area (Å²) in [6.45, 7) is 3.88. The Balaban J connectivity index is 1.45. The molecule has 1 amide bonds. The summed E-state index contributed by atoms with van der Waals surface area (Å²) in [7, 11) is 0. The van der Waals surface area contributed by atoms with Crippen molar-refractivity contribution in [2.45, 2.75) is 64.5 Å². The van der Waals surface area contributed by atoms with E-state index < -0.39 is 5.97 Å². The minimum Gasteiger partial charge on any atom is -0.481 e. The highest BCUT2D eigenvalue weighted by Crippen LogP contribution is 2.34. The second-order valence-electron chi connectivity index (χ2n) is 10.5. The normalized spacial score (nSPS) is 17.9. The first-order valence-electron chi connectivity index (χ1n) is 13.4. The molecular weight excluding hydrogens is 478 g/mol. The fourth-order valence-electron chi connectivity index (χ4n) is 5.90. The van der Waals surface area contributed by atoms with Gasteiger partial charge in [-0.1, -0.05) is 42.0 Å². The summed E-state index contributed by atoms with van der Waals surface area (Å²) in [5, 5.41) is 18.6. The smallest absolute Gasteiger partial charge is 0.304 e. The quantitative estimate of drug-likeness (QED) is 0.422. The number of pyridine rings is 1. The van der Waals surface area contributed by atoms with E-state index in [1.54, 1.807) is 6.20 Å². The van der Waals surface area contributed by atoms with Crippen LogP contribution in [0.5, 0.6) is 0 Å². The van der Waals surface area contributed by atoms with E-state index in [1.807, 2.05) is 40.8 Å². The summed E-state index contributed by atoms with van der Waals surface area (Å²) in [5.74, 6) is -1.21. The van der Waals surface area contributed by atoms with Crippen molar-refractivity contribution < 1.29 is 14.7 Å². The summed E-state index contributed by atoms with van der Waals surface area (Å²) < 4.78 is 1.85. The molecule has 0 radical (unpaired) electrons. The van der Waals surface area contributed by atoms with E-state index in [9.17, 15) is 14.7 Å². The van der Waals surface area contributed by atoms with Crippen LogP contribution < -0.4 is 0 Å². The van der Waals surface area contributed by atoms with Gasteiger partial charge in [-0.2, -0.15) is 0 Å². The third-order valence-electron chi connectivity index (χ3n) is 8.02. The van der Waals surface area contributed by atoms with Crippen molar-refractivity contribution in [3.05, 3.63) is 87.6 Å². The van der Waals surface area contributed by atoms with Gasteiger partial charge < -0.3 is 10.0 Å². The molecule has 0 saturated carbocycles. The molecule has 1 N–H and O–H groups in total. The molecule has 3 aliphatic rings. The molecule has 9 bridgehead atoms. The van der Waals surface area contributed by atoms with E-state index in [1.165, 1.54) is 11.1 Å². The van der Waals surface area contributed by atoms with Gasteiger partial charge in [0.1, 0.15) is 5.52 Å². The van der Waals surface area contributed by atoms with Crippen LogP contribution in [-0.2, 0) is 30.7 Å². The lowest BCUT2D eigenvalue weighted by molar-refractivity contribution is -0.137. The molecule has 8 nitrogen and oxygen atoms in total. The average molecular weight is 510 g/mol. The van der Waals surface area contributed by atoms with Crippen molar-refractivity contribution in [3.8, 4) is 0 Å². The van der Waals surface area contributed by atoms with Gasteiger partial charge in [0.05, 0.1) is 6.42 Å². The zero-order valence-corrected chi connectivity index (χ0v) is 21.6. The molecule has 0 fully saturated rings. The SMILES string of the molecule is Cc1c2cnc3c1nnn3CCCCCc1cccc(c1)C(=O)N1CCc3ccc(cc3C1)C2CC(=O)O. The maximum atomic E-state index is 13.5. The van der Waals surface area contributed by atoms with Gasteiger partial charge in [-0.15, -0.1) is 5.10 Å². The molecule has 8 heteroatoms. The second-order valence-corrected chi connectivity index (χ2v) is 10.5. The summed E-state index contributed by atoms with van der Waals surface area (Å²) in [6.07, 6.45) is 6.45. The van der Waals surface area contributed by atoms with Crippen LogP contribution in [-0.4, -0.2) is 48.4 Å². The number of benzene rings is 2. The number of hydrogen-bond acceptors (Lipinski definition) is 5. The topological polar surface area (TPSA) is 101 Å². The van der Waals surface area contributed by atoms with Crippen LogP contribution in [0.1, 0.15) is 75.3 Å². The Morgan fingerprint density at radius 3 is 2.82 bits per heavy atom. The lowest BCUT2D eigenvalue weighted by Gasteiger charge is -2.30. The third kappa shape index (κ3) is 4.55. The van der Waals surface area contributed by atoms with Crippen molar-refractivity contribution in [1.82, 2.24) is 24.9 Å². The van der Waals surface area contributed by atoms with Gasteiger partial charge in [0.2, 0.25) is 0 Å². The van der Waals surface area contributed by atoms with E-state index in [0.29, 0.717) is 13.1 Å². The van der Waals surface area contributed by atoms with E-state index in [2.05, 4.69) is 28.5 Å². The predicted octanol–water partition coefficient (Wildman–Crippen LogP) is 4.67. The molecule has 5 heterocycles. The summed E-state index contributed by atoms with van der Waals surface area (Å²) in [6, 6.07) is 14.2. The zero-order chi connectivity index (χ0) is 26.2. The minimum absolute atomic E-state index is 0.0458. The lowest BCUT2D eigenvalue weighted by Crippen LogP contribution is -2.36. The molecule has 38 heavy (non-hydrogen) atoms. The van der Waals surface area contributed by atoms with Crippen LogP contribution >= 0.6 is 0 Å². The Hall–Kier alpha value is -4.07. The molecule has 7 rings (SSSR count). The Kier molecular flexibility index (Phi) is 6.39. The number of carboxylic acids is 1. The maximum absolute atomic E-state index is 13.5. The highest BCUT2D eigenvalue weighted by molar-refractivity contribution is 5.94. The monoisotopic (exact) mass is 509 g/mol. The van der Waals surface area contributed by atoms with Crippen LogP contribution in [0.25, 0.3) is 11.2 Å². The largest absolute Gasteiger partial charge is 0.481 e. The van der Waals surface area contributed by atoms with Gasteiger partial charge in [-0.05, 0) is 78.1 Å². The molecular formula is C30H31N5O3. The van der Waals surface area contributed by atoms with Gasteiger partial charge in [0, 0.05) is 37.3 Å². The van der Waals surface area contributed by atoms with Crippen molar-refractivity contribution in [1.29, 1.82) is 0 Å². The van der Waals surface area contributed by atoms with E-state index >= 15 is 0 Å².